The SMILES string of the molecule is CCC(C)(CC)OCC(F)F. The van der Waals surface area contributed by atoms with Gasteiger partial charge in [-0.3, -0.25) is 0 Å². The van der Waals surface area contributed by atoms with E-state index in [1.54, 1.807) is 0 Å². The van der Waals surface area contributed by atoms with E-state index in [9.17, 15) is 8.78 Å². The van der Waals surface area contributed by atoms with Crippen LogP contribution in [0.25, 0.3) is 0 Å². The molecule has 0 aromatic heterocycles. The molecule has 3 heteroatoms. The van der Waals surface area contributed by atoms with Crippen molar-refractivity contribution in [1.29, 1.82) is 0 Å². The molecule has 0 atom stereocenters. The Kier molecular flexibility index (Phi) is 4.57. The van der Waals surface area contributed by atoms with E-state index in [-0.39, 0.29) is 5.60 Å². The molecule has 0 saturated heterocycles. The standard InChI is InChI=1S/C8H16F2O/c1-4-8(3,5-2)11-6-7(9)10/h7H,4-6H2,1-3H3. The van der Waals surface area contributed by atoms with Gasteiger partial charge in [0.15, 0.2) is 0 Å². The van der Waals surface area contributed by atoms with E-state index in [1.165, 1.54) is 0 Å². The highest BCUT2D eigenvalue weighted by atomic mass is 19.3. The molecule has 0 spiro atoms. The Morgan fingerprint density at radius 3 is 2.00 bits per heavy atom. The number of hydrogen-bond donors (Lipinski definition) is 0. The van der Waals surface area contributed by atoms with Crippen molar-refractivity contribution in [3.8, 4) is 0 Å². The molecule has 0 N–H and O–H groups in total. The molecule has 0 amide bonds. The molecule has 11 heavy (non-hydrogen) atoms. The van der Waals surface area contributed by atoms with Gasteiger partial charge in [-0.2, -0.15) is 0 Å². The van der Waals surface area contributed by atoms with Gasteiger partial charge < -0.3 is 4.74 Å². The Hall–Kier alpha value is -0.180. The molecule has 0 heterocycles. The summed E-state index contributed by atoms with van der Waals surface area (Å²) in [6.45, 7) is 5.29. The highest BCUT2D eigenvalue weighted by Gasteiger charge is 2.21. The van der Waals surface area contributed by atoms with Crippen LogP contribution in [0, 0.1) is 0 Å². The molecule has 0 aromatic carbocycles. The summed E-state index contributed by atoms with van der Waals surface area (Å²) in [6, 6.07) is 0. The van der Waals surface area contributed by atoms with Crippen LogP contribution in [0.15, 0.2) is 0 Å². The lowest BCUT2D eigenvalue weighted by Gasteiger charge is -2.26. The topological polar surface area (TPSA) is 9.23 Å². The van der Waals surface area contributed by atoms with E-state index in [0.29, 0.717) is 0 Å². The van der Waals surface area contributed by atoms with Crippen molar-refractivity contribution < 1.29 is 13.5 Å². The minimum Gasteiger partial charge on any atom is -0.369 e. The fourth-order valence-electron chi connectivity index (χ4n) is 0.718. The molecule has 1 nitrogen and oxygen atoms in total. The highest BCUT2D eigenvalue weighted by molar-refractivity contribution is 4.70. The second-order valence-corrected chi connectivity index (χ2v) is 2.86. The molecular weight excluding hydrogens is 150 g/mol. The van der Waals surface area contributed by atoms with Gasteiger partial charge in [0, 0.05) is 0 Å². The lowest BCUT2D eigenvalue weighted by Crippen LogP contribution is -2.29. The summed E-state index contributed by atoms with van der Waals surface area (Å²) in [6.07, 6.45) is -0.806. The maximum atomic E-state index is 11.7. The number of hydrogen-bond acceptors (Lipinski definition) is 1. The van der Waals surface area contributed by atoms with E-state index < -0.39 is 13.0 Å². The molecule has 0 rings (SSSR count). The van der Waals surface area contributed by atoms with E-state index in [1.807, 2.05) is 20.8 Å². The quantitative estimate of drug-likeness (QED) is 0.610. The zero-order valence-corrected chi connectivity index (χ0v) is 7.36. The van der Waals surface area contributed by atoms with Crippen LogP contribution in [0.1, 0.15) is 33.6 Å². The number of alkyl halides is 2. The van der Waals surface area contributed by atoms with Gasteiger partial charge in [-0.15, -0.1) is 0 Å². The van der Waals surface area contributed by atoms with Crippen molar-refractivity contribution in [3.05, 3.63) is 0 Å². The first-order valence-corrected chi connectivity index (χ1v) is 3.96. The van der Waals surface area contributed by atoms with Crippen LogP contribution in [0.5, 0.6) is 0 Å². The van der Waals surface area contributed by atoms with E-state index in [4.69, 9.17) is 4.74 Å². The summed E-state index contributed by atoms with van der Waals surface area (Å²) in [5.41, 5.74) is -0.365. The highest BCUT2D eigenvalue weighted by Crippen LogP contribution is 2.19. The van der Waals surface area contributed by atoms with Crippen molar-refractivity contribution >= 4 is 0 Å². The molecule has 0 unspecified atom stereocenters. The summed E-state index contributed by atoms with van der Waals surface area (Å²) >= 11 is 0. The maximum absolute atomic E-state index is 11.7. The van der Waals surface area contributed by atoms with Crippen molar-refractivity contribution in [3.63, 3.8) is 0 Å². The van der Waals surface area contributed by atoms with Gasteiger partial charge in [-0.1, -0.05) is 13.8 Å². The van der Waals surface area contributed by atoms with Gasteiger partial charge in [0.2, 0.25) is 0 Å². The molecule has 68 valence electrons. The van der Waals surface area contributed by atoms with Gasteiger partial charge in [-0.25, -0.2) is 8.78 Å². The van der Waals surface area contributed by atoms with Crippen LogP contribution < -0.4 is 0 Å². The minimum absolute atomic E-state index is 0.365. The van der Waals surface area contributed by atoms with Gasteiger partial charge in [-0.05, 0) is 19.8 Å². The fourth-order valence-corrected chi connectivity index (χ4v) is 0.718. The lowest BCUT2D eigenvalue weighted by atomic mass is 10.0. The third-order valence-corrected chi connectivity index (χ3v) is 2.05. The molecule has 0 saturated carbocycles. The van der Waals surface area contributed by atoms with Gasteiger partial charge in [0.05, 0.1) is 5.60 Å². The molecule has 0 aliphatic rings. The normalized spacial score (nSPS) is 12.5. The Bertz CT molecular complexity index is 100. The van der Waals surface area contributed by atoms with Gasteiger partial charge in [0.25, 0.3) is 6.43 Å². The predicted octanol–water partition coefficient (Wildman–Crippen LogP) is 2.85. The summed E-state index contributed by atoms with van der Waals surface area (Å²) in [5.74, 6) is 0. The average Bonchev–Trinajstić information content (AvgIpc) is 2.00. The Morgan fingerprint density at radius 2 is 1.73 bits per heavy atom. The first kappa shape index (κ1) is 10.8. The lowest BCUT2D eigenvalue weighted by molar-refractivity contribution is -0.0830. The third kappa shape index (κ3) is 4.30. The number of ether oxygens (including phenoxy) is 1. The molecule has 0 aromatic rings. The summed E-state index contributed by atoms with van der Waals surface area (Å²) in [7, 11) is 0. The molecule has 0 fully saturated rings. The van der Waals surface area contributed by atoms with Crippen LogP contribution in [-0.4, -0.2) is 18.6 Å². The Balaban J connectivity index is 3.69. The smallest absolute Gasteiger partial charge is 0.261 e. The molecular formula is C8H16F2O. The van der Waals surface area contributed by atoms with Gasteiger partial charge in [0.1, 0.15) is 6.61 Å². The monoisotopic (exact) mass is 166 g/mol. The number of rotatable bonds is 5. The van der Waals surface area contributed by atoms with Crippen molar-refractivity contribution in [1.82, 2.24) is 0 Å². The first-order valence-electron chi connectivity index (χ1n) is 3.96. The Morgan fingerprint density at radius 1 is 1.27 bits per heavy atom. The Labute approximate surface area is 66.7 Å². The van der Waals surface area contributed by atoms with Crippen LogP contribution in [0.3, 0.4) is 0 Å². The van der Waals surface area contributed by atoms with E-state index in [0.717, 1.165) is 12.8 Å². The van der Waals surface area contributed by atoms with Crippen LogP contribution in [-0.2, 0) is 4.74 Å². The molecule has 0 radical (unpaired) electrons. The summed E-state index contributed by atoms with van der Waals surface area (Å²) in [4.78, 5) is 0. The van der Waals surface area contributed by atoms with E-state index >= 15 is 0 Å². The third-order valence-electron chi connectivity index (χ3n) is 2.05. The van der Waals surface area contributed by atoms with E-state index in [2.05, 4.69) is 0 Å². The maximum Gasteiger partial charge on any atom is 0.261 e. The largest absolute Gasteiger partial charge is 0.369 e. The fraction of sp³-hybridized carbons (Fsp3) is 1.00. The second kappa shape index (κ2) is 4.65. The van der Waals surface area contributed by atoms with Crippen molar-refractivity contribution in [2.24, 2.45) is 0 Å². The van der Waals surface area contributed by atoms with Gasteiger partial charge >= 0.3 is 0 Å². The second-order valence-electron chi connectivity index (χ2n) is 2.86. The zero-order valence-electron chi connectivity index (χ0n) is 7.36. The number of halogens is 2. The summed E-state index contributed by atoms with van der Waals surface area (Å²) in [5, 5.41) is 0. The zero-order chi connectivity index (χ0) is 8.91. The molecule has 0 bridgehead atoms. The predicted molar refractivity (Wildman–Crippen MR) is 40.9 cm³/mol. The minimum atomic E-state index is -2.35. The van der Waals surface area contributed by atoms with Crippen LogP contribution >= 0.6 is 0 Å². The molecule has 0 aliphatic carbocycles. The average molecular weight is 166 g/mol. The molecule has 0 aliphatic heterocycles. The van der Waals surface area contributed by atoms with Crippen molar-refractivity contribution in [2.75, 3.05) is 6.61 Å². The van der Waals surface area contributed by atoms with Crippen LogP contribution in [0.2, 0.25) is 0 Å². The summed E-state index contributed by atoms with van der Waals surface area (Å²) < 4.78 is 28.5. The van der Waals surface area contributed by atoms with Crippen LogP contribution in [0.4, 0.5) is 8.78 Å². The van der Waals surface area contributed by atoms with Crippen molar-refractivity contribution in [2.45, 2.75) is 45.6 Å². The first-order chi connectivity index (χ1) is 5.04.